The number of aromatic nitrogens is 2. The van der Waals surface area contributed by atoms with Gasteiger partial charge in [-0.15, -0.1) is 0 Å². The Kier molecular flexibility index (Phi) is 3.53. The molecule has 0 radical (unpaired) electrons. The number of nitrogens with one attached hydrogen (secondary N) is 1. The minimum atomic E-state index is -0.185. The molecule has 0 aliphatic heterocycles. The molecule has 0 bridgehead atoms. The first-order valence-electron chi connectivity index (χ1n) is 6.89. The van der Waals surface area contributed by atoms with Crippen LogP contribution in [0.4, 0.5) is 0 Å². The number of hydrogen-bond donors (Lipinski definition) is 1. The maximum atomic E-state index is 9.00. The molecule has 1 atom stereocenters. The van der Waals surface area contributed by atoms with Gasteiger partial charge >= 0.3 is 0 Å². The summed E-state index contributed by atoms with van der Waals surface area (Å²) < 4.78 is 0. The summed E-state index contributed by atoms with van der Waals surface area (Å²) in [7, 11) is 0. The van der Waals surface area contributed by atoms with Crippen molar-refractivity contribution < 1.29 is 0 Å². The molecule has 3 nitrogen and oxygen atoms in total. The first kappa shape index (κ1) is 13.1. The third kappa shape index (κ3) is 2.56. The van der Waals surface area contributed by atoms with Gasteiger partial charge in [0.25, 0.3) is 0 Å². The fourth-order valence-corrected chi connectivity index (χ4v) is 2.32. The van der Waals surface area contributed by atoms with Crippen molar-refractivity contribution in [3.05, 3.63) is 66.5 Å². The molecule has 21 heavy (non-hydrogen) atoms. The minimum Gasteiger partial charge on any atom is -0.341 e. The molecule has 102 valence electrons. The molecule has 0 amide bonds. The van der Waals surface area contributed by atoms with Gasteiger partial charge in [-0.2, -0.15) is 5.26 Å². The standard InChI is InChI=1S/C18H15N3/c1-13(11-19)17-12-20-18(21-17)16-10-6-5-9-15(16)14-7-3-2-4-8-14/h2-10,12-13H,1H3,(H,20,21). The number of imidazole rings is 1. The van der Waals surface area contributed by atoms with Crippen LogP contribution in [0.25, 0.3) is 22.5 Å². The van der Waals surface area contributed by atoms with E-state index in [0.29, 0.717) is 0 Å². The Labute approximate surface area is 123 Å². The summed E-state index contributed by atoms with van der Waals surface area (Å²) in [6.45, 7) is 1.86. The zero-order chi connectivity index (χ0) is 14.7. The SMILES string of the molecule is CC(C#N)c1cnc(-c2ccccc2-c2ccccc2)[nH]1. The molecule has 0 aliphatic rings. The quantitative estimate of drug-likeness (QED) is 0.770. The summed E-state index contributed by atoms with van der Waals surface area (Å²) in [6, 6.07) is 20.6. The zero-order valence-corrected chi connectivity index (χ0v) is 11.7. The Morgan fingerprint density at radius 3 is 2.38 bits per heavy atom. The van der Waals surface area contributed by atoms with Crippen molar-refractivity contribution in [1.29, 1.82) is 5.26 Å². The Morgan fingerprint density at radius 1 is 1.00 bits per heavy atom. The lowest BCUT2D eigenvalue weighted by molar-refractivity contribution is 0.936. The van der Waals surface area contributed by atoms with Gasteiger partial charge in [-0.3, -0.25) is 0 Å². The van der Waals surface area contributed by atoms with Gasteiger partial charge in [0.05, 0.1) is 17.7 Å². The van der Waals surface area contributed by atoms with Crippen LogP contribution in [0.5, 0.6) is 0 Å². The van der Waals surface area contributed by atoms with Crippen LogP contribution >= 0.6 is 0 Å². The third-order valence-corrected chi connectivity index (χ3v) is 3.52. The van der Waals surface area contributed by atoms with Crippen LogP contribution in [0.3, 0.4) is 0 Å². The summed E-state index contributed by atoms with van der Waals surface area (Å²) in [6.07, 6.45) is 1.74. The number of benzene rings is 2. The van der Waals surface area contributed by atoms with Crippen molar-refractivity contribution in [2.45, 2.75) is 12.8 Å². The Balaban J connectivity index is 2.08. The Bertz CT molecular complexity index is 781. The van der Waals surface area contributed by atoms with E-state index in [2.05, 4.69) is 34.2 Å². The van der Waals surface area contributed by atoms with Gasteiger partial charge in [0.15, 0.2) is 0 Å². The van der Waals surface area contributed by atoms with Crippen molar-refractivity contribution in [2.24, 2.45) is 0 Å². The number of rotatable bonds is 3. The number of H-pyrrole nitrogens is 1. The third-order valence-electron chi connectivity index (χ3n) is 3.52. The van der Waals surface area contributed by atoms with Crippen LogP contribution in [0.2, 0.25) is 0 Å². The van der Waals surface area contributed by atoms with Gasteiger partial charge in [-0.1, -0.05) is 54.6 Å². The second-order valence-corrected chi connectivity index (χ2v) is 4.95. The molecule has 1 N–H and O–H groups in total. The zero-order valence-electron chi connectivity index (χ0n) is 11.7. The number of hydrogen-bond acceptors (Lipinski definition) is 2. The Hall–Kier alpha value is -2.86. The van der Waals surface area contributed by atoms with E-state index in [0.717, 1.165) is 28.2 Å². The monoisotopic (exact) mass is 273 g/mol. The molecule has 2 aromatic carbocycles. The minimum absolute atomic E-state index is 0.185. The summed E-state index contributed by atoms with van der Waals surface area (Å²) in [5.41, 5.74) is 4.17. The highest BCUT2D eigenvalue weighted by Crippen LogP contribution is 2.30. The molecular formula is C18H15N3. The van der Waals surface area contributed by atoms with E-state index < -0.39 is 0 Å². The fourth-order valence-electron chi connectivity index (χ4n) is 2.32. The van der Waals surface area contributed by atoms with E-state index in [1.807, 2.05) is 43.3 Å². The fraction of sp³-hybridized carbons (Fsp3) is 0.111. The van der Waals surface area contributed by atoms with E-state index in [-0.39, 0.29) is 5.92 Å². The molecule has 3 aromatic rings. The predicted molar refractivity (Wildman–Crippen MR) is 83.5 cm³/mol. The average molecular weight is 273 g/mol. The van der Waals surface area contributed by atoms with Crippen LogP contribution in [-0.4, -0.2) is 9.97 Å². The smallest absolute Gasteiger partial charge is 0.138 e. The summed E-state index contributed by atoms with van der Waals surface area (Å²) in [5.74, 6) is 0.613. The van der Waals surface area contributed by atoms with Crippen molar-refractivity contribution in [3.63, 3.8) is 0 Å². The number of nitrogens with zero attached hydrogens (tertiary/aromatic N) is 2. The molecule has 0 fully saturated rings. The summed E-state index contributed by atoms with van der Waals surface area (Å²) >= 11 is 0. The van der Waals surface area contributed by atoms with Crippen molar-refractivity contribution in [1.82, 2.24) is 9.97 Å². The van der Waals surface area contributed by atoms with Crippen LogP contribution in [0, 0.1) is 11.3 Å². The molecule has 0 aliphatic carbocycles. The van der Waals surface area contributed by atoms with Gasteiger partial charge in [-0.25, -0.2) is 4.98 Å². The van der Waals surface area contributed by atoms with Gasteiger partial charge in [0, 0.05) is 11.8 Å². The van der Waals surface area contributed by atoms with E-state index in [1.165, 1.54) is 0 Å². The molecule has 3 rings (SSSR count). The lowest BCUT2D eigenvalue weighted by Crippen LogP contribution is -1.90. The first-order chi connectivity index (χ1) is 10.3. The second-order valence-electron chi connectivity index (χ2n) is 4.95. The molecule has 0 saturated heterocycles. The van der Waals surface area contributed by atoms with Crippen molar-refractivity contribution in [2.75, 3.05) is 0 Å². The number of aromatic amines is 1. The maximum absolute atomic E-state index is 9.00. The van der Waals surface area contributed by atoms with E-state index in [1.54, 1.807) is 6.20 Å². The highest BCUT2D eigenvalue weighted by atomic mass is 14.9. The van der Waals surface area contributed by atoms with Gasteiger partial charge in [0.2, 0.25) is 0 Å². The van der Waals surface area contributed by atoms with Crippen LogP contribution in [-0.2, 0) is 0 Å². The summed E-state index contributed by atoms with van der Waals surface area (Å²) in [4.78, 5) is 7.69. The molecule has 1 unspecified atom stereocenters. The number of nitriles is 1. The maximum Gasteiger partial charge on any atom is 0.138 e. The largest absolute Gasteiger partial charge is 0.341 e. The lowest BCUT2D eigenvalue weighted by atomic mass is 9.99. The lowest BCUT2D eigenvalue weighted by Gasteiger charge is -2.07. The van der Waals surface area contributed by atoms with Crippen LogP contribution in [0.1, 0.15) is 18.5 Å². The van der Waals surface area contributed by atoms with Crippen molar-refractivity contribution >= 4 is 0 Å². The van der Waals surface area contributed by atoms with Gasteiger partial charge in [-0.05, 0) is 18.1 Å². The van der Waals surface area contributed by atoms with Crippen molar-refractivity contribution in [3.8, 4) is 28.6 Å². The van der Waals surface area contributed by atoms with Gasteiger partial charge < -0.3 is 4.98 Å². The molecular weight excluding hydrogens is 258 g/mol. The Morgan fingerprint density at radius 2 is 1.67 bits per heavy atom. The second kappa shape index (κ2) is 5.64. The van der Waals surface area contributed by atoms with E-state index in [4.69, 9.17) is 5.26 Å². The normalized spacial score (nSPS) is 11.8. The molecule has 1 heterocycles. The highest BCUT2D eigenvalue weighted by Gasteiger charge is 2.12. The van der Waals surface area contributed by atoms with Crippen LogP contribution < -0.4 is 0 Å². The van der Waals surface area contributed by atoms with E-state index >= 15 is 0 Å². The highest BCUT2D eigenvalue weighted by molar-refractivity contribution is 5.80. The molecule has 0 saturated carbocycles. The first-order valence-corrected chi connectivity index (χ1v) is 6.89. The molecule has 0 spiro atoms. The molecule has 3 heteroatoms. The summed E-state index contributed by atoms with van der Waals surface area (Å²) in [5, 5.41) is 9.00. The molecule has 1 aromatic heterocycles. The predicted octanol–water partition coefficient (Wildman–Crippen LogP) is 4.37. The van der Waals surface area contributed by atoms with E-state index in [9.17, 15) is 0 Å². The van der Waals surface area contributed by atoms with Gasteiger partial charge in [0.1, 0.15) is 5.82 Å². The van der Waals surface area contributed by atoms with Crippen LogP contribution in [0.15, 0.2) is 60.8 Å². The topological polar surface area (TPSA) is 52.5 Å². The average Bonchev–Trinajstić information content (AvgIpc) is 3.05.